The van der Waals surface area contributed by atoms with E-state index in [1.54, 1.807) is 0 Å². The largest absolute Gasteiger partial charge is 0.479 e. The Bertz CT molecular complexity index is 227. The summed E-state index contributed by atoms with van der Waals surface area (Å²) in [6, 6.07) is 0. The molecule has 94 valence electrons. The second-order valence-corrected chi connectivity index (χ2v) is 3.17. The number of esters is 1. The van der Waals surface area contributed by atoms with E-state index in [1.807, 2.05) is 6.92 Å². The van der Waals surface area contributed by atoms with Gasteiger partial charge in [-0.1, -0.05) is 13.3 Å². The highest BCUT2D eigenvalue weighted by Crippen LogP contribution is 2.06. The van der Waals surface area contributed by atoms with Gasteiger partial charge in [0, 0.05) is 14.2 Å². The average Bonchev–Trinajstić information content (AvgIpc) is 2.25. The van der Waals surface area contributed by atoms with Gasteiger partial charge < -0.3 is 19.3 Å². The van der Waals surface area contributed by atoms with E-state index in [0.29, 0.717) is 0 Å². The Kier molecular flexibility index (Phi) is 7.49. The third-order valence-corrected chi connectivity index (χ3v) is 2.00. The first-order chi connectivity index (χ1) is 7.58. The van der Waals surface area contributed by atoms with Gasteiger partial charge in [-0.25, -0.2) is 9.59 Å². The molecule has 0 saturated carbocycles. The van der Waals surface area contributed by atoms with Crippen LogP contribution in [0.2, 0.25) is 0 Å². The van der Waals surface area contributed by atoms with E-state index in [-0.39, 0.29) is 6.61 Å². The van der Waals surface area contributed by atoms with Gasteiger partial charge in [0.2, 0.25) is 0 Å². The van der Waals surface area contributed by atoms with E-state index in [9.17, 15) is 9.59 Å². The summed E-state index contributed by atoms with van der Waals surface area (Å²) in [4.78, 5) is 22.2. The van der Waals surface area contributed by atoms with Crippen molar-refractivity contribution in [1.82, 2.24) is 0 Å². The van der Waals surface area contributed by atoms with Crippen molar-refractivity contribution in [1.29, 1.82) is 0 Å². The lowest BCUT2D eigenvalue weighted by Crippen LogP contribution is -2.43. The van der Waals surface area contributed by atoms with Crippen LogP contribution in [-0.4, -0.2) is 50.1 Å². The molecule has 0 rings (SSSR count). The summed E-state index contributed by atoms with van der Waals surface area (Å²) in [5.41, 5.74) is 0. The fraction of sp³-hybridized carbons (Fsp3) is 0.800. The molecule has 6 nitrogen and oxygen atoms in total. The Morgan fingerprint density at radius 3 is 2.12 bits per heavy atom. The van der Waals surface area contributed by atoms with Crippen molar-refractivity contribution in [2.75, 3.05) is 20.8 Å². The fourth-order valence-electron chi connectivity index (χ4n) is 1.10. The molecule has 0 amide bonds. The first-order valence-corrected chi connectivity index (χ1v) is 5.03. The Morgan fingerprint density at radius 1 is 1.19 bits per heavy atom. The van der Waals surface area contributed by atoms with Gasteiger partial charge in [-0.15, -0.1) is 0 Å². The number of unbranched alkanes of at least 4 members (excludes halogenated alkanes) is 1. The topological polar surface area (TPSA) is 82.1 Å². The molecule has 0 heterocycles. The monoisotopic (exact) mass is 234 g/mol. The predicted octanol–water partition coefficient (Wildman–Crippen LogP) is 0.444. The van der Waals surface area contributed by atoms with Gasteiger partial charge in [-0.3, -0.25) is 0 Å². The highest BCUT2D eigenvalue weighted by molar-refractivity contribution is 5.84. The SMILES string of the molecule is CCCCOC(=O)[C@H](OC)[C@@H](OC)C(=O)O. The van der Waals surface area contributed by atoms with Crippen molar-refractivity contribution >= 4 is 11.9 Å². The summed E-state index contributed by atoms with van der Waals surface area (Å²) >= 11 is 0. The zero-order valence-corrected chi connectivity index (χ0v) is 9.76. The van der Waals surface area contributed by atoms with Crippen molar-refractivity contribution in [2.24, 2.45) is 0 Å². The van der Waals surface area contributed by atoms with Gasteiger partial charge in [0.15, 0.2) is 12.2 Å². The lowest BCUT2D eigenvalue weighted by atomic mass is 10.2. The maximum Gasteiger partial charge on any atom is 0.338 e. The van der Waals surface area contributed by atoms with Gasteiger partial charge in [0.25, 0.3) is 0 Å². The summed E-state index contributed by atoms with van der Waals surface area (Å²) in [6.45, 7) is 2.21. The summed E-state index contributed by atoms with van der Waals surface area (Å²) in [5, 5.41) is 8.78. The van der Waals surface area contributed by atoms with Gasteiger partial charge in [-0.2, -0.15) is 0 Å². The van der Waals surface area contributed by atoms with Crippen LogP contribution >= 0.6 is 0 Å². The first kappa shape index (κ1) is 14.9. The summed E-state index contributed by atoms with van der Waals surface area (Å²) < 4.78 is 14.3. The van der Waals surface area contributed by atoms with Crippen LogP contribution in [0.25, 0.3) is 0 Å². The lowest BCUT2D eigenvalue weighted by molar-refractivity contribution is -0.175. The van der Waals surface area contributed by atoms with E-state index in [1.165, 1.54) is 14.2 Å². The first-order valence-electron chi connectivity index (χ1n) is 5.03. The second-order valence-electron chi connectivity index (χ2n) is 3.17. The minimum absolute atomic E-state index is 0.255. The van der Waals surface area contributed by atoms with Crippen molar-refractivity contribution in [2.45, 2.75) is 32.0 Å². The van der Waals surface area contributed by atoms with Crippen LogP contribution in [0.3, 0.4) is 0 Å². The number of carboxylic acid groups (broad SMARTS) is 1. The van der Waals surface area contributed by atoms with E-state index in [0.717, 1.165) is 12.8 Å². The molecule has 0 unspecified atom stereocenters. The quantitative estimate of drug-likeness (QED) is 0.485. The highest BCUT2D eigenvalue weighted by atomic mass is 16.6. The molecule has 0 fully saturated rings. The number of carbonyl (C=O) groups excluding carboxylic acids is 1. The molecule has 0 saturated heterocycles. The van der Waals surface area contributed by atoms with Crippen molar-refractivity contribution < 1.29 is 28.9 Å². The van der Waals surface area contributed by atoms with Crippen LogP contribution < -0.4 is 0 Å². The number of hydrogen-bond acceptors (Lipinski definition) is 5. The molecule has 2 atom stereocenters. The minimum atomic E-state index is -1.35. The molecule has 0 aliphatic rings. The average molecular weight is 234 g/mol. The molecule has 0 aliphatic heterocycles. The van der Waals surface area contributed by atoms with Gasteiger partial charge in [-0.05, 0) is 6.42 Å². The number of ether oxygens (including phenoxy) is 3. The predicted molar refractivity (Wildman–Crippen MR) is 55.1 cm³/mol. The van der Waals surface area contributed by atoms with Crippen LogP contribution in [0.1, 0.15) is 19.8 Å². The summed E-state index contributed by atoms with van der Waals surface area (Å²) in [7, 11) is 2.44. The molecule has 0 aromatic rings. The van der Waals surface area contributed by atoms with Crippen LogP contribution in [0.5, 0.6) is 0 Å². The van der Waals surface area contributed by atoms with E-state index in [4.69, 9.17) is 14.6 Å². The Labute approximate surface area is 94.5 Å². The molecular formula is C10H18O6. The third-order valence-electron chi connectivity index (χ3n) is 2.00. The number of hydrogen-bond donors (Lipinski definition) is 1. The fourth-order valence-corrected chi connectivity index (χ4v) is 1.10. The van der Waals surface area contributed by atoms with Gasteiger partial charge in [0.1, 0.15) is 0 Å². The molecule has 0 aromatic heterocycles. The van der Waals surface area contributed by atoms with E-state index in [2.05, 4.69) is 4.74 Å². The smallest absolute Gasteiger partial charge is 0.338 e. The number of aliphatic carboxylic acids is 1. The zero-order valence-electron chi connectivity index (χ0n) is 9.76. The number of carboxylic acids is 1. The summed E-state index contributed by atoms with van der Waals surface area (Å²) in [5.74, 6) is -1.98. The maximum absolute atomic E-state index is 11.5. The normalized spacial score (nSPS) is 14.2. The maximum atomic E-state index is 11.5. The Morgan fingerprint density at radius 2 is 1.75 bits per heavy atom. The van der Waals surface area contributed by atoms with Gasteiger partial charge in [0.05, 0.1) is 6.61 Å². The molecule has 16 heavy (non-hydrogen) atoms. The molecule has 0 spiro atoms. The van der Waals surface area contributed by atoms with E-state index >= 15 is 0 Å². The lowest BCUT2D eigenvalue weighted by Gasteiger charge is -2.19. The molecule has 0 aromatic carbocycles. The van der Waals surface area contributed by atoms with E-state index < -0.39 is 24.1 Å². The van der Waals surface area contributed by atoms with Crippen LogP contribution in [0.15, 0.2) is 0 Å². The molecule has 6 heteroatoms. The molecule has 0 aliphatic carbocycles. The standard InChI is InChI=1S/C10H18O6/c1-4-5-6-16-10(13)8(15-3)7(14-2)9(11)12/h7-8H,4-6H2,1-3H3,(H,11,12)/t7-,8-/m1/s1. The molecular weight excluding hydrogens is 216 g/mol. The number of carbonyl (C=O) groups is 2. The molecule has 0 bridgehead atoms. The van der Waals surface area contributed by atoms with Crippen molar-refractivity contribution in [3.63, 3.8) is 0 Å². The van der Waals surface area contributed by atoms with Crippen molar-refractivity contribution in [3.8, 4) is 0 Å². The summed E-state index contributed by atoms with van der Waals surface area (Å²) in [6.07, 6.45) is -0.969. The third kappa shape index (κ3) is 4.59. The minimum Gasteiger partial charge on any atom is -0.479 e. The van der Waals surface area contributed by atoms with Crippen molar-refractivity contribution in [3.05, 3.63) is 0 Å². The zero-order chi connectivity index (χ0) is 12.6. The molecule has 1 N–H and O–H groups in total. The van der Waals surface area contributed by atoms with Crippen LogP contribution in [0, 0.1) is 0 Å². The molecule has 0 radical (unpaired) electrons. The van der Waals surface area contributed by atoms with Gasteiger partial charge >= 0.3 is 11.9 Å². The van der Waals surface area contributed by atoms with Crippen LogP contribution in [-0.2, 0) is 23.8 Å². The highest BCUT2D eigenvalue weighted by Gasteiger charge is 2.35. The second kappa shape index (κ2) is 8.06. The number of methoxy groups -OCH3 is 2. The number of rotatable bonds is 8. The Balaban J connectivity index is 4.34. The Hall–Kier alpha value is -1.14. The van der Waals surface area contributed by atoms with Crippen LogP contribution in [0.4, 0.5) is 0 Å².